The van der Waals surface area contributed by atoms with Crippen LogP contribution in [-0.2, 0) is 11.3 Å². The quantitative estimate of drug-likeness (QED) is 0.755. The molecule has 0 saturated carbocycles. The van der Waals surface area contributed by atoms with E-state index in [1.54, 1.807) is 10.9 Å². The first-order chi connectivity index (χ1) is 8.13. The Bertz CT molecular complexity index is 398. The van der Waals surface area contributed by atoms with E-state index in [2.05, 4.69) is 17.3 Å². The number of carbonyl (C=O) groups is 1. The van der Waals surface area contributed by atoms with Crippen molar-refractivity contribution >= 4 is 5.97 Å². The summed E-state index contributed by atoms with van der Waals surface area (Å²) in [6.07, 6.45) is 4.46. The first kappa shape index (κ1) is 11.9. The number of nitrogens with one attached hydrogen (secondary N) is 1. The molecular weight excluding hydrogens is 222 g/mol. The monoisotopic (exact) mass is 239 g/mol. The van der Waals surface area contributed by atoms with E-state index < -0.39 is 11.6 Å². The summed E-state index contributed by atoms with van der Waals surface area (Å²) in [6.45, 7) is 4.05. The van der Waals surface area contributed by atoms with Gasteiger partial charge in [0.1, 0.15) is 5.60 Å². The van der Waals surface area contributed by atoms with Gasteiger partial charge in [-0.25, -0.2) is 0 Å². The number of nitrogens with zero attached hydrogens (tertiary/aromatic N) is 2. The molecule has 1 aliphatic rings. The van der Waals surface area contributed by atoms with Gasteiger partial charge in [0.2, 0.25) is 0 Å². The lowest BCUT2D eigenvalue weighted by molar-refractivity contribution is -0.143. The van der Waals surface area contributed by atoms with Crippen LogP contribution in [0.25, 0.3) is 0 Å². The Kier molecular flexibility index (Phi) is 3.33. The normalized spacial score (nSPS) is 17.5. The number of rotatable bonds is 6. The van der Waals surface area contributed by atoms with Crippen LogP contribution in [0.4, 0.5) is 0 Å². The largest absolute Gasteiger partial charge is 0.481 e. The third-order valence-corrected chi connectivity index (χ3v) is 2.76. The van der Waals surface area contributed by atoms with Gasteiger partial charge in [0, 0.05) is 19.6 Å². The zero-order valence-electron chi connectivity index (χ0n) is 9.85. The topological polar surface area (TPSA) is 76.4 Å². The number of aliphatic carboxylic acids is 1. The Morgan fingerprint density at radius 1 is 1.71 bits per heavy atom. The molecule has 0 unspecified atom stereocenters. The molecule has 6 nitrogen and oxygen atoms in total. The highest BCUT2D eigenvalue weighted by Gasteiger charge is 2.41. The molecule has 6 heteroatoms. The summed E-state index contributed by atoms with van der Waals surface area (Å²) in [6, 6.07) is 0. The molecule has 2 heterocycles. The zero-order valence-corrected chi connectivity index (χ0v) is 9.85. The third kappa shape index (κ3) is 2.76. The van der Waals surface area contributed by atoms with Crippen molar-refractivity contribution in [3.63, 3.8) is 0 Å². The van der Waals surface area contributed by atoms with Crippen molar-refractivity contribution in [2.24, 2.45) is 0 Å². The van der Waals surface area contributed by atoms with Crippen molar-refractivity contribution < 1.29 is 14.6 Å². The fourth-order valence-electron chi connectivity index (χ4n) is 1.91. The van der Waals surface area contributed by atoms with Crippen molar-refractivity contribution in [2.75, 3.05) is 13.1 Å². The summed E-state index contributed by atoms with van der Waals surface area (Å²) < 4.78 is 7.55. The molecule has 94 valence electrons. The predicted molar refractivity (Wildman–Crippen MR) is 61.0 cm³/mol. The predicted octanol–water partition coefficient (Wildman–Crippen LogP) is 0.489. The lowest BCUT2D eigenvalue weighted by atomic mass is 9.93. The molecule has 1 fully saturated rings. The Morgan fingerprint density at radius 3 is 3.00 bits per heavy atom. The summed E-state index contributed by atoms with van der Waals surface area (Å²) in [7, 11) is 0. The summed E-state index contributed by atoms with van der Waals surface area (Å²) in [4.78, 5) is 10.8. The van der Waals surface area contributed by atoms with Crippen LogP contribution in [0.1, 0.15) is 19.8 Å². The summed E-state index contributed by atoms with van der Waals surface area (Å²) in [5.41, 5.74) is -0.605. The van der Waals surface area contributed by atoms with E-state index >= 15 is 0 Å². The number of aromatic nitrogens is 2. The van der Waals surface area contributed by atoms with Gasteiger partial charge in [-0.3, -0.25) is 9.48 Å². The van der Waals surface area contributed by atoms with Crippen LogP contribution in [0.3, 0.4) is 0 Å². The van der Waals surface area contributed by atoms with E-state index in [1.807, 2.05) is 6.20 Å². The SMILES string of the molecule is CCCn1cc(OC2(CC(=O)O)CNC2)cn1. The number of hydrogen-bond acceptors (Lipinski definition) is 4. The molecule has 1 aliphatic heterocycles. The van der Waals surface area contributed by atoms with E-state index in [0.29, 0.717) is 18.8 Å². The molecule has 2 N–H and O–H groups in total. The van der Waals surface area contributed by atoms with Crippen LogP contribution in [0, 0.1) is 0 Å². The van der Waals surface area contributed by atoms with Crippen LogP contribution in [0.5, 0.6) is 5.75 Å². The maximum Gasteiger partial charge on any atom is 0.307 e. The standard InChI is InChI=1S/C11H17N3O3/c1-2-3-14-6-9(5-13-14)17-11(4-10(15)16)7-12-8-11/h5-6,12H,2-4,7-8H2,1H3,(H,15,16). The summed E-state index contributed by atoms with van der Waals surface area (Å²) in [5.74, 6) is -0.200. The fraction of sp³-hybridized carbons (Fsp3) is 0.636. The Balaban J connectivity index is 2.00. The maximum atomic E-state index is 10.8. The second kappa shape index (κ2) is 4.75. The Hall–Kier alpha value is -1.56. The van der Waals surface area contributed by atoms with Crippen molar-refractivity contribution in [2.45, 2.75) is 31.9 Å². The average molecular weight is 239 g/mol. The molecule has 0 aliphatic carbocycles. The highest BCUT2D eigenvalue weighted by molar-refractivity contribution is 5.68. The van der Waals surface area contributed by atoms with Crippen molar-refractivity contribution in [1.82, 2.24) is 15.1 Å². The fourth-order valence-corrected chi connectivity index (χ4v) is 1.91. The number of ether oxygens (including phenoxy) is 1. The molecule has 0 atom stereocenters. The first-order valence-electron chi connectivity index (χ1n) is 5.77. The van der Waals surface area contributed by atoms with Gasteiger partial charge in [0.05, 0.1) is 18.8 Å². The van der Waals surface area contributed by atoms with Crippen LogP contribution in [-0.4, -0.2) is 39.5 Å². The minimum absolute atomic E-state index is 0.0129. The molecule has 0 spiro atoms. The highest BCUT2D eigenvalue weighted by Crippen LogP contribution is 2.24. The average Bonchev–Trinajstić information content (AvgIpc) is 2.62. The molecule has 0 radical (unpaired) electrons. The van der Waals surface area contributed by atoms with Crippen LogP contribution < -0.4 is 10.1 Å². The number of carboxylic acids is 1. The maximum absolute atomic E-state index is 10.8. The molecule has 2 rings (SSSR count). The van der Waals surface area contributed by atoms with Gasteiger partial charge in [0.25, 0.3) is 0 Å². The second-order valence-electron chi connectivity index (χ2n) is 4.40. The van der Waals surface area contributed by atoms with Crippen LogP contribution in [0.2, 0.25) is 0 Å². The molecule has 1 aromatic heterocycles. The molecule has 1 aromatic rings. The van der Waals surface area contributed by atoms with Gasteiger partial charge >= 0.3 is 5.97 Å². The number of carboxylic acid groups (broad SMARTS) is 1. The lowest BCUT2D eigenvalue weighted by Gasteiger charge is -2.41. The first-order valence-corrected chi connectivity index (χ1v) is 5.77. The van der Waals surface area contributed by atoms with Crippen LogP contribution >= 0.6 is 0 Å². The third-order valence-electron chi connectivity index (χ3n) is 2.76. The summed E-state index contributed by atoms with van der Waals surface area (Å²) in [5, 5.41) is 16.0. The van der Waals surface area contributed by atoms with Gasteiger partial charge < -0.3 is 15.2 Å². The van der Waals surface area contributed by atoms with E-state index in [4.69, 9.17) is 9.84 Å². The zero-order chi connectivity index (χ0) is 12.3. The smallest absolute Gasteiger partial charge is 0.307 e. The molecular formula is C11H17N3O3. The van der Waals surface area contributed by atoms with E-state index in [0.717, 1.165) is 13.0 Å². The van der Waals surface area contributed by atoms with Crippen molar-refractivity contribution in [3.8, 4) is 5.75 Å². The number of aryl methyl sites for hydroxylation is 1. The van der Waals surface area contributed by atoms with Crippen molar-refractivity contribution in [3.05, 3.63) is 12.4 Å². The van der Waals surface area contributed by atoms with E-state index in [1.165, 1.54) is 0 Å². The molecule has 1 saturated heterocycles. The van der Waals surface area contributed by atoms with Gasteiger partial charge in [-0.15, -0.1) is 0 Å². The highest BCUT2D eigenvalue weighted by atomic mass is 16.5. The van der Waals surface area contributed by atoms with Crippen LogP contribution in [0.15, 0.2) is 12.4 Å². The van der Waals surface area contributed by atoms with E-state index in [9.17, 15) is 4.79 Å². The second-order valence-corrected chi connectivity index (χ2v) is 4.40. The Labute approximate surface area is 99.6 Å². The van der Waals surface area contributed by atoms with Gasteiger partial charge in [-0.2, -0.15) is 5.10 Å². The molecule has 0 amide bonds. The molecule has 17 heavy (non-hydrogen) atoms. The van der Waals surface area contributed by atoms with Gasteiger partial charge in [-0.05, 0) is 6.42 Å². The molecule has 0 aromatic carbocycles. The van der Waals surface area contributed by atoms with E-state index in [-0.39, 0.29) is 6.42 Å². The lowest BCUT2D eigenvalue weighted by Crippen LogP contribution is -2.63. The van der Waals surface area contributed by atoms with Crippen molar-refractivity contribution in [1.29, 1.82) is 0 Å². The van der Waals surface area contributed by atoms with Gasteiger partial charge in [-0.1, -0.05) is 6.92 Å². The van der Waals surface area contributed by atoms with Gasteiger partial charge in [0.15, 0.2) is 5.75 Å². The molecule has 0 bridgehead atoms. The number of hydrogen-bond donors (Lipinski definition) is 2. The Morgan fingerprint density at radius 2 is 2.47 bits per heavy atom. The minimum Gasteiger partial charge on any atom is -0.481 e. The minimum atomic E-state index is -0.840. The summed E-state index contributed by atoms with van der Waals surface area (Å²) >= 11 is 0.